The van der Waals surface area contributed by atoms with Gasteiger partial charge in [-0.3, -0.25) is 4.79 Å². The van der Waals surface area contributed by atoms with Gasteiger partial charge in [-0.05, 0) is 18.2 Å². The number of carbonyl (C=O) groups is 1. The van der Waals surface area contributed by atoms with Crippen molar-refractivity contribution in [2.45, 2.75) is 12.5 Å². The summed E-state index contributed by atoms with van der Waals surface area (Å²) in [4.78, 5) is 10.9. The molecule has 0 radical (unpaired) electrons. The summed E-state index contributed by atoms with van der Waals surface area (Å²) in [5.41, 5.74) is 5.30. The summed E-state index contributed by atoms with van der Waals surface area (Å²) in [7, 11) is 0. The Hall–Kier alpha value is -1.79. The Morgan fingerprint density at radius 2 is 2.18 bits per heavy atom. The summed E-state index contributed by atoms with van der Waals surface area (Å²) < 4.78 is 5.17. The zero-order valence-electron chi connectivity index (χ0n) is 9.17. The van der Waals surface area contributed by atoms with Gasteiger partial charge in [-0.15, -0.1) is 0 Å². The minimum absolute atomic E-state index is 0.109. The van der Waals surface area contributed by atoms with E-state index in [-0.39, 0.29) is 36.7 Å². The van der Waals surface area contributed by atoms with Gasteiger partial charge in [-0.2, -0.15) is 0 Å². The van der Waals surface area contributed by atoms with Gasteiger partial charge in [-0.25, -0.2) is 0 Å². The van der Waals surface area contributed by atoms with Crippen molar-refractivity contribution in [3.8, 4) is 11.5 Å². The maximum atomic E-state index is 10.9. The zero-order valence-corrected chi connectivity index (χ0v) is 9.17. The van der Waals surface area contributed by atoms with Crippen molar-refractivity contribution in [2.75, 3.05) is 13.2 Å². The summed E-state index contributed by atoms with van der Waals surface area (Å²) in [5, 5.41) is 27.1. The number of aromatic hydroxyl groups is 1. The van der Waals surface area contributed by atoms with Crippen molar-refractivity contribution >= 4 is 5.91 Å². The van der Waals surface area contributed by atoms with Crippen molar-refractivity contribution in [2.24, 2.45) is 5.73 Å². The molecule has 0 aliphatic heterocycles. The average Bonchev–Trinajstić information content (AvgIpc) is 2.30. The summed E-state index contributed by atoms with van der Waals surface area (Å²) >= 11 is 0. The van der Waals surface area contributed by atoms with Gasteiger partial charge < -0.3 is 25.8 Å². The lowest BCUT2D eigenvalue weighted by atomic mass is 10.2. The molecule has 1 aromatic rings. The molecule has 0 heterocycles. The minimum atomic E-state index is -0.864. The van der Waals surface area contributed by atoms with Crippen LogP contribution in [0, 0.1) is 0 Å². The van der Waals surface area contributed by atoms with Crippen molar-refractivity contribution in [3.63, 3.8) is 0 Å². The number of primary amides is 1. The quantitative estimate of drug-likeness (QED) is 0.542. The van der Waals surface area contributed by atoms with Crippen LogP contribution >= 0.6 is 0 Å². The predicted molar refractivity (Wildman–Crippen MR) is 59.8 cm³/mol. The molecule has 1 aromatic carbocycles. The molecule has 0 saturated carbocycles. The molecule has 0 bridgehead atoms. The lowest BCUT2D eigenvalue weighted by Crippen LogP contribution is -2.16. The Bertz CT molecular complexity index is 393. The third-order valence-electron chi connectivity index (χ3n) is 2.16. The van der Waals surface area contributed by atoms with E-state index in [1.807, 2.05) is 0 Å². The smallest absolute Gasteiger partial charge is 0.248 e. The van der Waals surface area contributed by atoms with Crippen LogP contribution in [0.3, 0.4) is 0 Å². The van der Waals surface area contributed by atoms with Crippen LogP contribution in [0.15, 0.2) is 18.2 Å². The van der Waals surface area contributed by atoms with Crippen LogP contribution in [0.4, 0.5) is 0 Å². The van der Waals surface area contributed by atoms with E-state index in [1.165, 1.54) is 18.2 Å². The van der Waals surface area contributed by atoms with Crippen LogP contribution in [0.1, 0.15) is 16.8 Å². The molecule has 6 heteroatoms. The highest BCUT2D eigenvalue weighted by Gasteiger charge is 2.08. The molecule has 0 fully saturated rings. The fourth-order valence-electron chi connectivity index (χ4n) is 1.18. The fourth-order valence-corrected chi connectivity index (χ4v) is 1.18. The van der Waals surface area contributed by atoms with E-state index in [9.17, 15) is 9.90 Å². The highest BCUT2D eigenvalue weighted by Crippen LogP contribution is 2.26. The first-order valence-corrected chi connectivity index (χ1v) is 5.09. The number of rotatable bonds is 6. The predicted octanol–water partition coefficient (Wildman–Crippen LogP) is -0.387. The highest BCUT2D eigenvalue weighted by atomic mass is 16.5. The molecule has 0 aliphatic rings. The Balaban J connectivity index is 2.63. The van der Waals surface area contributed by atoms with Gasteiger partial charge in [-0.1, -0.05) is 0 Å². The molecule has 17 heavy (non-hydrogen) atoms. The van der Waals surface area contributed by atoms with E-state index < -0.39 is 12.0 Å². The van der Waals surface area contributed by atoms with Gasteiger partial charge >= 0.3 is 0 Å². The number of aliphatic hydroxyl groups excluding tert-OH is 2. The normalized spacial score (nSPS) is 12.1. The summed E-state index contributed by atoms with van der Waals surface area (Å²) in [6, 6.07) is 4.01. The Kier molecular flexibility index (Phi) is 4.74. The Morgan fingerprint density at radius 1 is 1.47 bits per heavy atom. The second-order valence-electron chi connectivity index (χ2n) is 3.52. The zero-order chi connectivity index (χ0) is 12.8. The number of amides is 1. The summed E-state index contributed by atoms with van der Waals surface area (Å²) in [6.45, 7) is -0.242. The second kappa shape index (κ2) is 6.07. The SMILES string of the molecule is NC(=O)c1ccc(O)c(OCCC(O)CO)c1. The standard InChI is InChI=1S/C11H15NO5/c12-11(16)7-1-2-9(15)10(5-7)17-4-3-8(14)6-13/h1-2,5,8,13-15H,3-4,6H2,(H2,12,16). The largest absolute Gasteiger partial charge is 0.504 e. The van der Waals surface area contributed by atoms with Crippen LogP contribution in [0.5, 0.6) is 11.5 Å². The molecule has 1 rings (SSSR count). The van der Waals surface area contributed by atoms with E-state index >= 15 is 0 Å². The van der Waals surface area contributed by atoms with Gasteiger partial charge in [0, 0.05) is 12.0 Å². The molecule has 1 unspecified atom stereocenters. The van der Waals surface area contributed by atoms with Gasteiger partial charge in [0.05, 0.1) is 19.3 Å². The molecule has 0 spiro atoms. The van der Waals surface area contributed by atoms with Gasteiger partial charge in [0.1, 0.15) is 0 Å². The van der Waals surface area contributed by atoms with E-state index in [0.29, 0.717) is 0 Å². The third-order valence-corrected chi connectivity index (χ3v) is 2.16. The van der Waals surface area contributed by atoms with E-state index in [1.54, 1.807) is 0 Å². The van der Waals surface area contributed by atoms with E-state index in [4.69, 9.17) is 20.7 Å². The first kappa shape index (κ1) is 13.3. The van der Waals surface area contributed by atoms with E-state index in [0.717, 1.165) is 0 Å². The topological polar surface area (TPSA) is 113 Å². The maximum absolute atomic E-state index is 10.9. The van der Waals surface area contributed by atoms with Crippen molar-refractivity contribution in [1.82, 2.24) is 0 Å². The summed E-state index contributed by atoms with van der Waals surface area (Å²) in [5.74, 6) is -0.620. The van der Waals surface area contributed by atoms with Crippen molar-refractivity contribution in [3.05, 3.63) is 23.8 Å². The number of hydrogen-bond donors (Lipinski definition) is 4. The van der Waals surface area contributed by atoms with E-state index in [2.05, 4.69) is 0 Å². The molecule has 5 N–H and O–H groups in total. The van der Waals surface area contributed by atoms with Crippen LogP contribution in [-0.4, -0.2) is 40.5 Å². The van der Waals surface area contributed by atoms with Crippen molar-refractivity contribution in [1.29, 1.82) is 0 Å². The van der Waals surface area contributed by atoms with Crippen LogP contribution < -0.4 is 10.5 Å². The second-order valence-corrected chi connectivity index (χ2v) is 3.52. The maximum Gasteiger partial charge on any atom is 0.248 e. The third kappa shape index (κ3) is 3.93. The fraction of sp³-hybridized carbons (Fsp3) is 0.364. The molecule has 94 valence electrons. The first-order valence-electron chi connectivity index (χ1n) is 5.09. The van der Waals surface area contributed by atoms with Crippen molar-refractivity contribution < 1.29 is 24.9 Å². The number of phenols is 1. The molecule has 0 aliphatic carbocycles. The first-order chi connectivity index (χ1) is 8.04. The Morgan fingerprint density at radius 3 is 2.76 bits per heavy atom. The molecule has 6 nitrogen and oxygen atoms in total. The summed E-state index contributed by atoms with van der Waals surface area (Å²) in [6.07, 6.45) is -0.645. The number of nitrogens with two attached hydrogens (primary N) is 1. The number of hydrogen-bond acceptors (Lipinski definition) is 5. The lowest BCUT2D eigenvalue weighted by molar-refractivity contribution is 0.0750. The highest BCUT2D eigenvalue weighted by molar-refractivity contribution is 5.93. The molecule has 1 amide bonds. The van der Waals surface area contributed by atoms with Gasteiger partial charge in [0.25, 0.3) is 0 Å². The minimum Gasteiger partial charge on any atom is -0.504 e. The molecular formula is C11H15NO5. The Labute approximate surface area is 98.3 Å². The number of carbonyl (C=O) groups excluding carboxylic acids is 1. The number of benzene rings is 1. The monoisotopic (exact) mass is 241 g/mol. The van der Waals surface area contributed by atoms with Gasteiger partial charge in [0.2, 0.25) is 5.91 Å². The molecular weight excluding hydrogens is 226 g/mol. The van der Waals surface area contributed by atoms with Crippen LogP contribution in [0.2, 0.25) is 0 Å². The molecule has 0 aromatic heterocycles. The number of ether oxygens (including phenoxy) is 1. The number of phenolic OH excluding ortho intramolecular Hbond substituents is 1. The van der Waals surface area contributed by atoms with Crippen LogP contribution in [-0.2, 0) is 0 Å². The van der Waals surface area contributed by atoms with Crippen LogP contribution in [0.25, 0.3) is 0 Å². The average molecular weight is 241 g/mol. The van der Waals surface area contributed by atoms with Gasteiger partial charge in [0.15, 0.2) is 11.5 Å². The molecule has 1 atom stereocenters. The molecule has 0 saturated heterocycles. The number of aliphatic hydroxyl groups is 2. The lowest BCUT2D eigenvalue weighted by Gasteiger charge is -2.10.